The van der Waals surface area contributed by atoms with Crippen LogP contribution >= 0.6 is 0 Å². The SMILES string of the molecule is F.F.[B][N+]1=CC=CC1=C(CCN)c1[nH]c(/C=C/c2ccc(C(C)C)cc2)cc1C. The summed E-state index contributed by atoms with van der Waals surface area (Å²) < 4.78 is 1.65. The highest BCUT2D eigenvalue weighted by molar-refractivity contribution is 6.01. The minimum Gasteiger partial charge on any atom is -0.355 e. The van der Waals surface area contributed by atoms with Crippen molar-refractivity contribution in [2.45, 2.75) is 33.1 Å². The standard InChI is InChI=1S/C23H27BN3.2FH/c1-16(2)19-9-6-18(7-10-19)8-11-20-15-17(3)23(26-20)21(12-13-25)22-5-4-14-27(22)24;;/h4-11,14-16,26H,12-13,25H2,1-3H3;2*1H/q+1;;/b11-8+;;. The lowest BCUT2D eigenvalue weighted by atomic mass is 10.0. The molecule has 0 amide bonds. The first-order valence-corrected chi connectivity index (χ1v) is 9.46. The van der Waals surface area contributed by atoms with Crippen molar-refractivity contribution in [1.82, 2.24) is 4.98 Å². The van der Waals surface area contributed by atoms with E-state index in [2.05, 4.69) is 68.2 Å². The molecule has 6 heteroatoms. The third-order valence-electron chi connectivity index (χ3n) is 4.88. The molecule has 0 bridgehead atoms. The van der Waals surface area contributed by atoms with E-state index >= 15 is 0 Å². The molecule has 152 valence electrons. The number of halogens is 2. The van der Waals surface area contributed by atoms with Crippen molar-refractivity contribution in [2.24, 2.45) is 5.73 Å². The molecule has 0 spiro atoms. The summed E-state index contributed by atoms with van der Waals surface area (Å²) >= 11 is 0. The maximum Gasteiger partial charge on any atom is 0.586 e. The summed E-state index contributed by atoms with van der Waals surface area (Å²) in [6.07, 6.45) is 10.8. The largest absolute Gasteiger partial charge is 0.586 e. The summed E-state index contributed by atoms with van der Waals surface area (Å²) in [5, 5.41) is 0. The maximum absolute atomic E-state index is 6.06. The van der Waals surface area contributed by atoms with E-state index in [1.54, 1.807) is 4.49 Å². The summed E-state index contributed by atoms with van der Waals surface area (Å²) in [5.41, 5.74) is 13.9. The van der Waals surface area contributed by atoms with Gasteiger partial charge < -0.3 is 10.7 Å². The van der Waals surface area contributed by atoms with Crippen LogP contribution in [0.4, 0.5) is 9.41 Å². The Bertz CT molecular complexity index is 936. The van der Waals surface area contributed by atoms with Crippen LogP contribution in [0.15, 0.2) is 48.2 Å². The van der Waals surface area contributed by atoms with Gasteiger partial charge in [-0.05, 0) is 54.6 Å². The number of nitrogens with zero attached hydrogens (tertiary/aromatic N) is 1. The fourth-order valence-corrected chi connectivity index (χ4v) is 3.34. The number of aryl methyl sites for hydroxylation is 1. The first-order chi connectivity index (χ1) is 13.0. The molecule has 1 aromatic heterocycles. The third-order valence-corrected chi connectivity index (χ3v) is 4.88. The Morgan fingerprint density at radius 3 is 2.41 bits per heavy atom. The Morgan fingerprint density at radius 2 is 1.86 bits per heavy atom. The van der Waals surface area contributed by atoms with E-state index < -0.39 is 0 Å². The summed E-state index contributed by atoms with van der Waals surface area (Å²) in [5.74, 6) is 0.551. The average Bonchev–Trinajstić information content (AvgIpc) is 3.24. The van der Waals surface area contributed by atoms with Crippen molar-refractivity contribution in [3.8, 4) is 0 Å². The first kappa shape index (κ1) is 24.3. The number of benzene rings is 1. The molecule has 2 heterocycles. The highest BCUT2D eigenvalue weighted by atomic mass is 19.0. The Hall–Kier alpha value is -2.73. The number of rotatable bonds is 6. The number of hydrogen-bond acceptors (Lipinski definition) is 1. The number of nitrogens with two attached hydrogens (primary N) is 1. The van der Waals surface area contributed by atoms with Crippen molar-refractivity contribution in [3.63, 3.8) is 0 Å². The van der Waals surface area contributed by atoms with Crippen molar-refractivity contribution >= 4 is 31.9 Å². The molecule has 0 fully saturated rings. The predicted molar refractivity (Wildman–Crippen MR) is 122 cm³/mol. The summed E-state index contributed by atoms with van der Waals surface area (Å²) in [6.45, 7) is 7.11. The van der Waals surface area contributed by atoms with E-state index in [0.29, 0.717) is 12.5 Å². The number of allylic oxidation sites excluding steroid dienone is 2. The molecule has 0 saturated carbocycles. The van der Waals surface area contributed by atoms with Gasteiger partial charge in [-0.3, -0.25) is 13.9 Å². The molecule has 2 aromatic rings. The molecule has 2 radical (unpaired) electrons. The normalized spacial score (nSPS) is 14.7. The molecule has 3 nitrogen and oxygen atoms in total. The van der Waals surface area contributed by atoms with Gasteiger partial charge in [0.15, 0.2) is 5.70 Å². The smallest absolute Gasteiger partial charge is 0.355 e. The first-order valence-electron chi connectivity index (χ1n) is 9.46. The second-order valence-electron chi connectivity index (χ2n) is 7.26. The van der Waals surface area contributed by atoms with Gasteiger partial charge in [-0.2, -0.15) is 0 Å². The van der Waals surface area contributed by atoms with Crippen LogP contribution in [0.1, 0.15) is 54.3 Å². The van der Waals surface area contributed by atoms with E-state index in [4.69, 9.17) is 13.7 Å². The molecule has 3 N–H and O–H groups in total. The topological polar surface area (TPSA) is 44.8 Å². The lowest BCUT2D eigenvalue weighted by Gasteiger charge is -2.07. The Labute approximate surface area is 172 Å². The lowest BCUT2D eigenvalue weighted by molar-refractivity contribution is -0.294. The molecule has 0 aliphatic carbocycles. The van der Waals surface area contributed by atoms with Gasteiger partial charge in [0, 0.05) is 23.4 Å². The molecule has 1 aliphatic heterocycles. The lowest BCUT2D eigenvalue weighted by Crippen LogP contribution is -2.09. The third kappa shape index (κ3) is 5.64. The fraction of sp³-hybridized carbons (Fsp3) is 0.261. The Morgan fingerprint density at radius 1 is 1.17 bits per heavy atom. The number of hydrogen-bond donors (Lipinski definition) is 2. The van der Waals surface area contributed by atoms with E-state index in [-0.39, 0.29) is 9.41 Å². The zero-order valence-corrected chi connectivity index (χ0v) is 17.2. The molecular formula is C23H29BF2N3+. The minimum absolute atomic E-state index is 0. The summed E-state index contributed by atoms with van der Waals surface area (Å²) in [4.78, 5) is 3.53. The maximum atomic E-state index is 6.06. The average molecular weight is 396 g/mol. The second-order valence-corrected chi connectivity index (χ2v) is 7.26. The molecule has 0 saturated heterocycles. The van der Waals surface area contributed by atoms with Gasteiger partial charge in [-0.25, -0.2) is 0 Å². The van der Waals surface area contributed by atoms with Crippen LogP contribution in [-0.2, 0) is 0 Å². The molecule has 0 atom stereocenters. The van der Waals surface area contributed by atoms with Crippen LogP contribution in [0.25, 0.3) is 17.7 Å². The van der Waals surface area contributed by atoms with E-state index in [1.807, 2.05) is 18.4 Å². The number of H-pyrrole nitrogens is 1. The second kappa shape index (κ2) is 10.7. The van der Waals surface area contributed by atoms with Crippen molar-refractivity contribution < 1.29 is 13.9 Å². The van der Waals surface area contributed by atoms with Crippen LogP contribution in [0, 0.1) is 6.92 Å². The molecule has 29 heavy (non-hydrogen) atoms. The van der Waals surface area contributed by atoms with Crippen LogP contribution < -0.4 is 5.73 Å². The molecular weight excluding hydrogens is 367 g/mol. The molecule has 1 aliphatic rings. The van der Waals surface area contributed by atoms with Gasteiger partial charge in [0.1, 0.15) is 6.21 Å². The summed E-state index contributed by atoms with van der Waals surface area (Å²) in [6, 6.07) is 10.9. The quantitative estimate of drug-likeness (QED) is 0.682. The molecule has 0 unspecified atom stereocenters. The van der Waals surface area contributed by atoms with E-state index in [9.17, 15) is 0 Å². The van der Waals surface area contributed by atoms with Crippen molar-refractivity contribution in [1.29, 1.82) is 0 Å². The van der Waals surface area contributed by atoms with Crippen molar-refractivity contribution in [2.75, 3.05) is 6.54 Å². The van der Waals surface area contributed by atoms with Crippen molar-refractivity contribution in [3.05, 3.63) is 76.3 Å². The Kier molecular flexibility index (Phi) is 8.99. The van der Waals surface area contributed by atoms with Gasteiger partial charge in [0.25, 0.3) is 0 Å². The minimum atomic E-state index is 0. The van der Waals surface area contributed by atoms with Crippen LogP contribution in [0.3, 0.4) is 0 Å². The van der Waals surface area contributed by atoms with Gasteiger partial charge in [-0.1, -0.05) is 44.2 Å². The van der Waals surface area contributed by atoms with Gasteiger partial charge in [0.05, 0.1) is 5.69 Å². The highest BCUT2D eigenvalue weighted by Crippen LogP contribution is 2.27. The van der Waals surface area contributed by atoms with Crippen LogP contribution in [0.2, 0.25) is 0 Å². The Balaban J connectivity index is 0.00000210. The van der Waals surface area contributed by atoms with Crippen LogP contribution in [-0.4, -0.2) is 30.2 Å². The van der Waals surface area contributed by atoms with Gasteiger partial charge in [0.2, 0.25) is 0 Å². The van der Waals surface area contributed by atoms with E-state index in [0.717, 1.165) is 29.1 Å². The van der Waals surface area contributed by atoms with Crippen LogP contribution in [0.5, 0.6) is 0 Å². The van der Waals surface area contributed by atoms with E-state index in [1.165, 1.54) is 16.7 Å². The number of aromatic nitrogens is 1. The predicted octanol–water partition coefficient (Wildman–Crippen LogP) is 4.72. The molecule has 1 aromatic carbocycles. The number of aromatic amines is 1. The monoisotopic (exact) mass is 396 g/mol. The number of nitrogens with one attached hydrogen (secondary N) is 1. The zero-order chi connectivity index (χ0) is 19.4. The highest BCUT2D eigenvalue weighted by Gasteiger charge is 2.20. The van der Waals surface area contributed by atoms with Gasteiger partial charge >= 0.3 is 7.98 Å². The fourth-order valence-electron chi connectivity index (χ4n) is 3.34. The zero-order valence-electron chi connectivity index (χ0n) is 17.2. The molecule has 3 rings (SSSR count). The van der Waals surface area contributed by atoms with Gasteiger partial charge in [-0.15, -0.1) is 0 Å². The summed E-state index contributed by atoms with van der Waals surface area (Å²) in [7, 11) is 6.06.